The van der Waals surface area contributed by atoms with Crippen LogP contribution in [0.2, 0.25) is 0 Å². The zero-order valence-corrected chi connectivity index (χ0v) is 16.8. The summed E-state index contributed by atoms with van der Waals surface area (Å²) in [7, 11) is 0. The van der Waals surface area contributed by atoms with Gasteiger partial charge in [-0.3, -0.25) is 9.79 Å². The summed E-state index contributed by atoms with van der Waals surface area (Å²) in [5, 5.41) is 14.7. The molecule has 0 amide bonds. The van der Waals surface area contributed by atoms with E-state index in [1.165, 1.54) is 25.7 Å². The van der Waals surface area contributed by atoms with Crippen molar-refractivity contribution >= 4 is 55.3 Å². The average Bonchev–Trinajstić information content (AvgIpc) is 3.32. The number of aliphatic imine (C=N–C) groups is 1. The van der Waals surface area contributed by atoms with Crippen LogP contribution in [-0.4, -0.2) is 38.9 Å². The van der Waals surface area contributed by atoms with Crippen LogP contribution in [0.25, 0.3) is 10.9 Å². The SMILES string of the molecule is O=C(O)CCC1CSC(c2cc3cc(Br)cc(NC4CCCC4)c3[nH]2)=N1. The first-order valence-electron chi connectivity index (χ1n) is 9.10. The van der Waals surface area contributed by atoms with Gasteiger partial charge in [-0.1, -0.05) is 28.8 Å². The summed E-state index contributed by atoms with van der Waals surface area (Å²) < 4.78 is 1.07. The van der Waals surface area contributed by atoms with Crippen LogP contribution < -0.4 is 5.32 Å². The van der Waals surface area contributed by atoms with Crippen LogP contribution in [0.4, 0.5) is 5.69 Å². The fourth-order valence-corrected chi connectivity index (χ4v) is 5.28. The van der Waals surface area contributed by atoms with Crippen LogP contribution >= 0.6 is 27.7 Å². The highest BCUT2D eigenvalue weighted by molar-refractivity contribution is 9.10. The van der Waals surface area contributed by atoms with Gasteiger partial charge in [0, 0.05) is 28.1 Å². The predicted molar refractivity (Wildman–Crippen MR) is 112 cm³/mol. The van der Waals surface area contributed by atoms with E-state index < -0.39 is 5.97 Å². The maximum Gasteiger partial charge on any atom is 0.303 e. The maximum atomic E-state index is 10.8. The summed E-state index contributed by atoms with van der Waals surface area (Å²) in [6, 6.07) is 7.06. The minimum Gasteiger partial charge on any atom is -0.481 e. The van der Waals surface area contributed by atoms with Crippen LogP contribution in [0.3, 0.4) is 0 Å². The number of aromatic nitrogens is 1. The Morgan fingerprint density at radius 3 is 2.92 bits per heavy atom. The summed E-state index contributed by atoms with van der Waals surface area (Å²) in [4.78, 5) is 19.0. The first-order valence-corrected chi connectivity index (χ1v) is 10.9. The number of aliphatic carboxylic acids is 1. The monoisotopic (exact) mass is 435 g/mol. The molecule has 1 aromatic heterocycles. The normalized spacial score (nSPS) is 20.7. The van der Waals surface area contributed by atoms with E-state index in [1.54, 1.807) is 11.8 Å². The van der Waals surface area contributed by atoms with Crippen LogP contribution in [0.1, 0.15) is 44.2 Å². The van der Waals surface area contributed by atoms with Crippen LogP contribution in [0.5, 0.6) is 0 Å². The number of rotatable bonds is 6. The second kappa shape index (κ2) is 7.64. The molecule has 26 heavy (non-hydrogen) atoms. The third kappa shape index (κ3) is 3.93. The fraction of sp³-hybridized carbons (Fsp3) is 0.474. The Morgan fingerprint density at radius 1 is 1.35 bits per heavy atom. The first kappa shape index (κ1) is 17.9. The van der Waals surface area contributed by atoms with Gasteiger partial charge in [0.2, 0.25) is 0 Å². The minimum absolute atomic E-state index is 0.0975. The molecule has 1 aliphatic carbocycles. The van der Waals surface area contributed by atoms with E-state index in [9.17, 15) is 4.79 Å². The molecule has 0 bridgehead atoms. The molecule has 1 fully saturated rings. The van der Waals surface area contributed by atoms with Gasteiger partial charge in [-0.05, 0) is 37.5 Å². The molecule has 1 atom stereocenters. The highest BCUT2D eigenvalue weighted by atomic mass is 79.9. The predicted octanol–water partition coefficient (Wildman–Crippen LogP) is 5.01. The molecule has 0 radical (unpaired) electrons. The fourth-order valence-electron chi connectivity index (χ4n) is 3.73. The summed E-state index contributed by atoms with van der Waals surface area (Å²) in [6.45, 7) is 0. The Hall–Kier alpha value is -1.47. The number of carbonyl (C=O) groups is 1. The number of carboxylic acids is 1. The standard InChI is InChI=1S/C19H22BrN3O2S/c20-12-7-11-8-16(19-22-14(10-26-19)5-6-17(24)25)23-18(11)15(9-12)21-13-3-1-2-4-13/h7-9,13-14,21,23H,1-6,10H2,(H,24,25). The molecule has 138 valence electrons. The van der Waals surface area contributed by atoms with E-state index in [0.29, 0.717) is 12.5 Å². The van der Waals surface area contributed by atoms with Gasteiger partial charge in [0.1, 0.15) is 5.04 Å². The lowest BCUT2D eigenvalue weighted by atomic mass is 10.2. The zero-order valence-electron chi connectivity index (χ0n) is 14.4. The highest BCUT2D eigenvalue weighted by Gasteiger charge is 2.22. The minimum atomic E-state index is -0.753. The number of carboxylic acid groups (broad SMARTS) is 1. The number of anilines is 1. The Labute approximate surface area is 165 Å². The third-order valence-electron chi connectivity index (χ3n) is 5.04. The number of hydrogen-bond acceptors (Lipinski definition) is 4. The van der Waals surface area contributed by atoms with E-state index >= 15 is 0 Å². The van der Waals surface area contributed by atoms with Gasteiger partial charge < -0.3 is 15.4 Å². The second-order valence-corrected chi connectivity index (χ2v) is 8.98. The molecule has 3 N–H and O–H groups in total. The molecule has 0 spiro atoms. The van der Waals surface area contributed by atoms with Gasteiger partial charge >= 0.3 is 5.97 Å². The molecule has 1 unspecified atom stereocenters. The number of nitrogens with zero attached hydrogens (tertiary/aromatic N) is 1. The van der Waals surface area contributed by atoms with Gasteiger partial charge in [-0.15, -0.1) is 11.8 Å². The van der Waals surface area contributed by atoms with Crippen molar-refractivity contribution in [3.8, 4) is 0 Å². The lowest BCUT2D eigenvalue weighted by Gasteiger charge is -2.14. The Kier molecular flexibility index (Phi) is 5.27. The quantitative estimate of drug-likeness (QED) is 0.595. The molecule has 1 saturated carbocycles. The molecule has 4 rings (SSSR count). The van der Waals surface area contributed by atoms with Crippen molar-refractivity contribution in [2.75, 3.05) is 11.1 Å². The zero-order chi connectivity index (χ0) is 18.1. The lowest BCUT2D eigenvalue weighted by molar-refractivity contribution is -0.137. The number of H-pyrrole nitrogens is 1. The third-order valence-corrected chi connectivity index (χ3v) is 6.65. The summed E-state index contributed by atoms with van der Waals surface area (Å²) >= 11 is 5.33. The number of nitrogens with one attached hydrogen (secondary N) is 2. The topological polar surface area (TPSA) is 77.5 Å². The Morgan fingerprint density at radius 2 is 2.15 bits per heavy atom. The van der Waals surface area contributed by atoms with E-state index in [4.69, 9.17) is 10.1 Å². The molecule has 1 aliphatic heterocycles. The number of aromatic amines is 1. The van der Waals surface area contributed by atoms with Gasteiger partial charge in [0.15, 0.2) is 0 Å². The van der Waals surface area contributed by atoms with Crippen molar-refractivity contribution in [2.45, 2.75) is 50.6 Å². The summed E-state index contributed by atoms with van der Waals surface area (Å²) in [5.41, 5.74) is 3.28. The molecule has 5 nitrogen and oxygen atoms in total. The Balaban J connectivity index is 1.59. The lowest BCUT2D eigenvalue weighted by Crippen LogP contribution is -2.14. The number of halogens is 1. The van der Waals surface area contributed by atoms with Gasteiger partial charge in [0.25, 0.3) is 0 Å². The second-order valence-electron chi connectivity index (χ2n) is 7.06. The smallest absolute Gasteiger partial charge is 0.303 e. The number of benzene rings is 1. The van der Waals surface area contributed by atoms with Gasteiger partial charge in [-0.2, -0.15) is 0 Å². The molecule has 0 saturated heterocycles. The number of thioether (sulfide) groups is 1. The molecule has 2 heterocycles. The van der Waals surface area contributed by atoms with E-state index in [-0.39, 0.29) is 12.5 Å². The molecule has 1 aromatic carbocycles. The average molecular weight is 436 g/mol. The molecule has 2 aliphatic rings. The Bertz CT molecular complexity index is 858. The van der Waals surface area contributed by atoms with Crippen molar-refractivity contribution in [3.05, 3.63) is 28.4 Å². The largest absolute Gasteiger partial charge is 0.481 e. The molecule has 7 heteroatoms. The van der Waals surface area contributed by atoms with Crippen LogP contribution in [0.15, 0.2) is 27.7 Å². The number of hydrogen-bond donors (Lipinski definition) is 3. The van der Waals surface area contributed by atoms with E-state index in [0.717, 1.165) is 37.6 Å². The van der Waals surface area contributed by atoms with Crippen molar-refractivity contribution < 1.29 is 9.90 Å². The van der Waals surface area contributed by atoms with Crippen molar-refractivity contribution in [2.24, 2.45) is 4.99 Å². The van der Waals surface area contributed by atoms with Crippen molar-refractivity contribution in [1.29, 1.82) is 0 Å². The van der Waals surface area contributed by atoms with Gasteiger partial charge in [-0.25, -0.2) is 0 Å². The highest BCUT2D eigenvalue weighted by Crippen LogP contribution is 2.33. The van der Waals surface area contributed by atoms with E-state index in [2.05, 4.69) is 44.4 Å². The molecule has 2 aromatic rings. The first-order chi connectivity index (χ1) is 12.6. The summed E-state index contributed by atoms with van der Waals surface area (Å²) in [5.74, 6) is 0.103. The van der Waals surface area contributed by atoms with Crippen molar-refractivity contribution in [3.63, 3.8) is 0 Å². The van der Waals surface area contributed by atoms with Crippen LogP contribution in [0, 0.1) is 0 Å². The van der Waals surface area contributed by atoms with Crippen molar-refractivity contribution in [1.82, 2.24) is 4.98 Å². The molecular weight excluding hydrogens is 414 g/mol. The summed E-state index contributed by atoms with van der Waals surface area (Å²) in [6.07, 6.45) is 5.85. The maximum absolute atomic E-state index is 10.8. The number of fused-ring (bicyclic) bond motifs is 1. The van der Waals surface area contributed by atoms with E-state index in [1.807, 2.05) is 0 Å². The van der Waals surface area contributed by atoms with Crippen LogP contribution in [-0.2, 0) is 4.79 Å². The van der Waals surface area contributed by atoms with Gasteiger partial charge in [0.05, 0.1) is 22.9 Å². The molecular formula is C19H22BrN3O2S.